The summed E-state index contributed by atoms with van der Waals surface area (Å²) in [7, 11) is 0. The molecule has 1 aliphatic heterocycles. The zero-order chi connectivity index (χ0) is 27.1. The molecule has 4 nitrogen and oxygen atoms in total. The van der Waals surface area contributed by atoms with Gasteiger partial charge in [-0.25, -0.2) is 9.38 Å². The third-order valence-corrected chi connectivity index (χ3v) is 8.52. The number of ether oxygens (including phenoxy) is 1. The largest absolute Gasteiger partial charge is 0.488 e. The van der Waals surface area contributed by atoms with Gasteiger partial charge in [0.15, 0.2) is 4.80 Å². The first-order valence-corrected chi connectivity index (χ1v) is 14.1. The van der Waals surface area contributed by atoms with Crippen LogP contribution >= 0.6 is 11.3 Å². The summed E-state index contributed by atoms with van der Waals surface area (Å²) >= 11 is 1.39. The topological polar surface area (TPSA) is 43.6 Å². The molecule has 2 aliphatic rings. The summed E-state index contributed by atoms with van der Waals surface area (Å²) in [5.41, 5.74) is 6.83. The van der Waals surface area contributed by atoms with Gasteiger partial charge in [-0.05, 0) is 47.8 Å². The highest BCUT2D eigenvalue weighted by Gasteiger charge is 2.32. The Kier molecular flexibility index (Phi) is 6.25. The van der Waals surface area contributed by atoms with Crippen molar-refractivity contribution < 1.29 is 9.13 Å². The zero-order valence-electron chi connectivity index (χ0n) is 21.6. The fraction of sp³-hybridized carbons (Fsp3) is 0.118. The van der Waals surface area contributed by atoms with Crippen LogP contribution in [0.3, 0.4) is 0 Å². The Labute approximate surface area is 234 Å². The molecule has 7 rings (SSSR count). The van der Waals surface area contributed by atoms with E-state index in [-0.39, 0.29) is 24.0 Å². The molecule has 1 aliphatic carbocycles. The first kappa shape index (κ1) is 24.5. The fourth-order valence-electron chi connectivity index (χ4n) is 5.60. The summed E-state index contributed by atoms with van der Waals surface area (Å²) in [6.45, 7) is 0.0961. The fourth-order valence-corrected chi connectivity index (χ4v) is 6.59. The standard InChI is InChI=1S/C34H25FN2O2S/c35-28-16-8-5-14-25(28)21-39-29-17-9-6-13-24(29)20-30-33(38)37-32(23-11-2-1-3-12-23)27-19-18-22-10-4-7-15-26(22)31(27)36-34(37)40-30/h1-17,20,32H,18-19,21H2/b30-20+/t32-/m1/s1. The van der Waals surface area contributed by atoms with Gasteiger partial charge < -0.3 is 4.74 Å². The lowest BCUT2D eigenvalue weighted by atomic mass is 9.83. The van der Waals surface area contributed by atoms with Gasteiger partial charge in [-0.3, -0.25) is 9.36 Å². The lowest BCUT2D eigenvalue weighted by Crippen LogP contribution is -2.38. The molecule has 0 saturated heterocycles. The first-order valence-electron chi connectivity index (χ1n) is 13.3. The lowest BCUT2D eigenvalue weighted by Gasteiger charge is -2.30. The van der Waals surface area contributed by atoms with Gasteiger partial charge >= 0.3 is 0 Å². The molecule has 5 aromatic rings. The van der Waals surface area contributed by atoms with E-state index < -0.39 is 0 Å². The van der Waals surface area contributed by atoms with Crippen LogP contribution in [-0.2, 0) is 13.0 Å². The van der Waals surface area contributed by atoms with Gasteiger partial charge in [0.05, 0.1) is 16.3 Å². The molecule has 1 atom stereocenters. The van der Waals surface area contributed by atoms with Gasteiger partial charge in [-0.15, -0.1) is 0 Å². The molecule has 0 saturated carbocycles. The van der Waals surface area contributed by atoms with Crippen LogP contribution in [-0.4, -0.2) is 4.57 Å². The Hall–Kier alpha value is -4.55. The quantitative estimate of drug-likeness (QED) is 0.271. The van der Waals surface area contributed by atoms with E-state index in [1.54, 1.807) is 18.2 Å². The van der Waals surface area contributed by atoms with Crippen molar-refractivity contribution in [1.82, 2.24) is 4.57 Å². The molecule has 0 N–H and O–H groups in total. The number of para-hydroxylation sites is 1. The summed E-state index contributed by atoms with van der Waals surface area (Å²) in [5.74, 6) is 0.282. The van der Waals surface area contributed by atoms with Crippen molar-refractivity contribution in [2.45, 2.75) is 25.5 Å². The molecular weight excluding hydrogens is 519 g/mol. The Morgan fingerprint density at radius 3 is 2.52 bits per heavy atom. The van der Waals surface area contributed by atoms with Crippen molar-refractivity contribution in [3.8, 4) is 5.75 Å². The molecule has 0 spiro atoms. The second-order valence-corrected chi connectivity index (χ2v) is 11.0. The van der Waals surface area contributed by atoms with Crippen LogP contribution in [0.1, 0.15) is 40.3 Å². The maximum atomic E-state index is 14.2. The van der Waals surface area contributed by atoms with E-state index in [0.29, 0.717) is 20.6 Å². The monoisotopic (exact) mass is 544 g/mol. The van der Waals surface area contributed by atoms with E-state index in [9.17, 15) is 9.18 Å². The Balaban J connectivity index is 1.36. The summed E-state index contributed by atoms with van der Waals surface area (Å²) in [6, 6.07) is 32.5. The molecule has 0 radical (unpaired) electrons. The number of fused-ring (bicyclic) bond motifs is 3. The average molecular weight is 545 g/mol. The molecule has 4 aromatic carbocycles. The van der Waals surface area contributed by atoms with Crippen LogP contribution in [0.25, 0.3) is 11.8 Å². The number of halogens is 1. The van der Waals surface area contributed by atoms with Crippen molar-refractivity contribution in [1.29, 1.82) is 0 Å². The minimum absolute atomic E-state index is 0.0769. The van der Waals surface area contributed by atoms with E-state index in [2.05, 4.69) is 36.4 Å². The van der Waals surface area contributed by atoms with E-state index in [0.717, 1.165) is 35.2 Å². The van der Waals surface area contributed by atoms with Crippen LogP contribution in [0, 0.1) is 5.82 Å². The predicted molar refractivity (Wildman–Crippen MR) is 156 cm³/mol. The van der Waals surface area contributed by atoms with Crippen LogP contribution in [0.2, 0.25) is 0 Å². The van der Waals surface area contributed by atoms with Crippen LogP contribution in [0.15, 0.2) is 118 Å². The number of hydrogen-bond donors (Lipinski definition) is 0. The highest BCUT2D eigenvalue weighted by Crippen LogP contribution is 2.41. The summed E-state index contributed by atoms with van der Waals surface area (Å²) < 4.78 is 22.6. The number of thiazole rings is 1. The molecule has 0 bridgehead atoms. The average Bonchev–Trinajstić information content (AvgIpc) is 3.30. The Morgan fingerprint density at radius 2 is 1.65 bits per heavy atom. The molecule has 6 heteroatoms. The van der Waals surface area contributed by atoms with Crippen molar-refractivity contribution in [2.75, 3.05) is 0 Å². The highest BCUT2D eigenvalue weighted by atomic mass is 32.1. The summed E-state index contributed by atoms with van der Waals surface area (Å²) in [4.78, 5) is 19.8. The normalized spacial score (nSPS) is 16.1. The number of rotatable bonds is 5. The second-order valence-electron chi connectivity index (χ2n) is 9.94. The maximum absolute atomic E-state index is 14.2. The minimum atomic E-state index is -0.306. The van der Waals surface area contributed by atoms with E-state index in [1.807, 2.05) is 53.1 Å². The number of nitrogens with zero attached hydrogens (tertiary/aromatic N) is 2. The second kappa shape index (κ2) is 10.2. The molecule has 1 aromatic heterocycles. The van der Waals surface area contributed by atoms with Gasteiger partial charge in [0.1, 0.15) is 18.2 Å². The van der Waals surface area contributed by atoms with Crippen molar-refractivity contribution in [3.05, 3.63) is 162 Å². The van der Waals surface area contributed by atoms with Gasteiger partial charge in [-0.2, -0.15) is 0 Å². The highest BCUT2D eigenvalue weighted by molar-refractivity contribution is 7.07. The van der Waals surface area contributed by atoms with Gasteiger partial charge in [-0.1, -0.05) is 102 Å². The number of allylic oxidation sites excluding steroid dienone is 1. The van der Waals surface area contributed by atoms with Crippen LogP contribution < -0.4 is 19.6 Å². The van der Waals surface area contributed by atoms with Crippen molar-refractivity contribution >= 4 is 23.1 Å². The molecule has 0 amide bonds. The number of benzene rings is 4. The zero-order valence-corrected chi connectivity index (χ0v) is 22.4. The Bertz CT molecular complexity index is 1960. The van der Waals surface area contributed by atoms with Crippen molar-refractivity contribution in [2.24, 2.45) is 4.99 Å². The maximum Gasteiger partial charge on any atom is 0.271 e. The van der Waals surface area contributed by atoms with E-state index in [4.69, 9.17) is 9.73 Å². The number of hydrogen-bond acceptors (Lipinski definition) is 4. The van der Waals surface area contributed by atoms with Gasteiger partial charge in [0.2, 0.25) is 0 Å². The minimum Gasteiger partial charge on any atom is -0.488 e. The van der Waals surface area contributed by atoms with Crippen LogP contribution in [0.5, 0.6) is 5.75 Å². The summed E-state index contributed by atoms with van der Waals surface area (Å²) in [6.07, 6.45) is 3.64. The number of aryl methyl sites for hydroxylation is 1. The van der Waals surface area contributed by atoms with Gasteiger partial charge in [0, 0.05) is 16.7 Å². The molecule has 2 heterocycles. The molecule has 0 fully saturated rings. The predicted octanol–water partition coefficient (Wildman–Crippen LogP) is 6.04. The lowest BCUT2D eigenvalue weighted by molar-refractivity contribution is 0.299. The molecular formula is C34H25FN2O2S. The van der Waals surface area contributed by atoms with Crippen LogP contribution in [0.4, 0.5) is 4.39 Å². The SMILES string of the molecule is O=c1/c(=C\c2ccccc2OCc2ccccc2F)sc2n1[C@H](c1ccccc1)C1=C(N=2)c2ccccc2CC1. The molecule has 0 unspecified atom stereocenters. The first-order chi connectivity index (χ1) is 19.7. The molecule has 196 valence electrons. The van der Waals surface area contributed by atoms with Gasteiger partial charge in [0.25, 0.3) is 5.56 Å². The van der Waals surface area contributed by atoms with E-state index in [1.165, 1.54) is 28.5 Å². The number of aromatic nitrogens is 1. The Morgan fingerprint density at radius 1 is 0.900 bits per heavy atom. The summed E-state index contributed by atoms with van der Waals surface area (Å²) in [5, 5.41) is 0. The van der Waals surface area contributed by atoms with E-state index >= 15 is 0 Å². The third kappa shape index (κ3) is 4.31. The third-order valence-electron chi connectivity index (χ3n) is 7.53. The van der Waals surface area contributed by atoms with Crippen molar-refractivity contribution in [3.63, 3.8) is 0 Å². The molecule has 40 heavy (non-hydrogen) atoms. The smallest absolute Gasteiger partial charge is 0.271 e.